The van der Waals surface area contributed by atoms with Gasteiger partial charge >= 0.3 is 0 Å². The molecule has 1 aliphatic rings. The monoisotopic (exact) mass is 253 g/mol. The molecule has 1 aromatic carbocycles. The second kappa shape index (κ2) is 4.65. The van der Waals surface area contributed by atoms with Gasteiger partial charge in [-0.15, -0.1) is 0 Å². The molecule has 1 aliphatic heterocycles. The van der Waals surface area contributed by atoms with Gasteiger partial charge in [0.2, 0.25) is 0 Å². The van der Waals surface area contributed by atoms with Crippen LogP contribution in [0.1, 0.15) is 11.4 Å². The molecule has 2 heterocycles. The number of rotatable bonds is 2. The number of aromatic nitrogens is 2. The molecule has 5 nitrogen and oxygen atoms in total. The van der Waals surface area contributed by atoms with Crippen molar-refractivity contribution in [2.45, 2.75) is 19.5 Å². The quantitative estimate of drug-likeness (QED) is 0.824. The number of nitriles is 1. The number of nitrogen functional groups attached to an aromatic ring is 1. The van der Waals surface area contributed by atoms with Crippen LogP contribution in [0.15, 0.2) is 30.6 Å². The number of nitrogens with two attached hydrogens (primary N) is 1. The predicted molar refractivity (Wildman–Crippen MR) is 73.4 cm³/mol. The van der Waals surface area contributed by atoms with Gasteiger partial charge in [-0.3, -0.25) is 0 Å². The fourth-order valence-electron chi connectivity index (χ4n) is 2.42. The molecule has 96 valence electrons. The van der Waals surface area contributed by atoms with Crippen LogP contribution in [0.4, 0.5) is 11.4 Å². The van der Waals surface area contributed by atoms with Gasteiger partial charge in [0.1, 0.15) is 5.82 Å². The van der Waals surface area contributed by atoms with E-state index in [9.17, 15) is 0 Å². The van der Waals surface area contributed by atoms with Crippen LogP contribution >= 0.6 is 0 Å². The van der Waals surface area contributed by atoms with Gasteiger partial charge < -0.3 is 15.2 Å². The van der Waals surface area contributed by atoms with Crippen LogP contribution in [-0.2, 0) is 19.5 Å². The van der Waals surface area contributed by atoms with Crippen LogP contribution in [-0.4, -0.2) is 16.1 Å². The first-order valence-corrected chi connectivity index (χ1v) is 6.28. The molecule has 0 amide bonds. The minimum absolute atomic E-state index is 0.349. The van der Waals surface area contributed by atoms with Crippen molar-refractivity contribution in [2.75, 3.05) is 17.2 Å². The van der Waals surface area contributed by atoms with E-state index in [0.29, 0.717) is 12.1 Å². The molecule has 2 N–H and O–H groups in total. The van der Waals surface area contributed by atoms with Crippen LogP contribution in [0.3, 0.4) is 0 Å². The molecule has 0 bridgehead atoms. The number of nitrogens with zero attached hydrogens (tertiary/aromatic N) is 4. The minimum atomic E-state index is 0.349. The molecule has 5 heteroatoms. The van der Waals surface area contributed by atoms with Gasteiger partial charge in [0.05, 0.1) is 19.0 Å². The second-order valence-corrected chi connectivity index (χ2v) is 4.68. The van der Waals surface area contributed by atoms with E-state index in [-0.39, 0.29) is 0 Å². The van der Waals surface area contributed by atoms with Gasteiger partial charge in [0.25, 0.3) is 0 Å². The Labute approximate surface area is 111 Å². The summed E-state index contributed by atoms with van der Waals surface area (Å²) in [5, 5.41) is 8.82. The Bertz CT molecular complexity index is 638. The molecule has 0 aliphatic carbocycles. The van der Waals surface area contributed by atoms with Gasteiger partial charge in [0.15, 0.2) is 0 Å². The average molecular weight is 253 g/mol. The Balaban J connectivity index is 1.88. The lowest BCUT2D eigenvalue weighted by molar-refractivity contribution is 0.560. The van der Waals surface area contributed by atoms with Gasteiger partial charge in [-0.05, 0) is 23.8 Å². The van der Waals surface area contributed by atoms with Crippen LogP contribution in [0.5, 0.6) is 0 Å². The van der Waals surface area contributed by atoms with Crippen molar-refractivity contribution in [3.05, 3.63) is 42.0 Å². The first kappa shape index (κ1) is 11.6. The molecule has 19 heavy (non-hydrogen) atoms. The van der Waals surface area contributed by atoms with Gasteiger partial charge in [-0.1, -0.05) is 0 Å². The van der Waals surface area contributed by atoms with Crippen molar-refractivity contribution in [1.29, 1.82) is 5.26 Å². The smallest absolute Gasteiger partial charge is 0.128 e. The zero-order valence-electron chi connectivity index (χ0n) is 10.6. The standard InChI is InChI=1S/C14H15N5/c15-4-3-11-9-12(1-2-13(11)16)19-8-7-18-6-5-17-14(18)10-19/h1-2,5-6,9H,3,7-8,10,16H2. The molecule has 0 saturated carbocycles. The summed E-state index contributed by atoms with van der Waals surface area (Å²) in [7, 11) is 0. The van der Waals surface area contributed by atoms with Gasteiger partial charge in [-0.2, -0.15) is 5.26 Å². The van der Waals surface area contributed by atoms with E-state index in [4.69, 9.17) is 11.0 Å². The number of imidazole rings is 1. The third-order valence-corrected chi connectivity index (χ3v) is 3.51. The van der Waals surface area contributed by atoms with E-state index in [1.54, 1.807) is 0 Å². The topological polar surface area (TPSA) is 70.9 Å². The maximum absolute atomic E-state index is 8.82. The number of hydrogen-bond acceptors (Lipinski definition) is 4. The molecular formula is C14H15N5. The third-order valence-electron chi connectivity index (χ3n) is 3.51. The highest BCUT2D eigenvalue weighted by atomic mass is 15.2. The van der Waals surface area contributed by atoms with Crippen molar-refractivity contribution in [2.24, 2.45) is 0 Å². The van der Waals surface area contributed by atoms with Crippen molar-refractivity contribution in [1.82, 2.24) is 9.55 Å². The van der Waals surface area contributed by atoms with Crippen LogP contribution in [0.25, 0.3) is 0 Å². The van der Waals surface area contributed by atoms with E-state index in [1.807, 2.05) is 30.6 Å². The molecule has 0 atom stereocenters. The summed E-state index contributed by atoms with van der Waals surface area (Å²) < 4.78 is 2.17. The zero-order valence-corrected chi connectivity index (χ0v) is 10.6. The van der Waals surface area contributed by atoms with Crippen molar-refractivity contribution >= 4 is 11.4 Å². The Morgan fingerprint density at radius 2 is 2.26 bits per heavy atom. The van der Waals surface area contributed by atoms with E-state index in [0.717, 1.165) is 36.7 Å². The maximum Gasteiger partial charge on any atom is 0.128 e. The van der Waals surface area contributed by atoms with Crippen molar-refractivity contribution < 1.29 is 0 Å². The summed E-state index contributed by atoms with van der Waals surface area (Å²) >= 11 is 0. The highest BCUT2D eigenvalue weighted by molar-refractivity contribution is 5.59. The number of hydrogen-bond donors (Lipinski definition) is 1. The van der Waals surface area contributed by atoms with Crippen molar-refractivity contribution in [3.63, 3.8) is 0 Å². The highest BCUT2D eigenvalue weighted by Crippen LogP contribution is 2.24. The SMILES string of the molecule is N#CCc1cc(N2CCn3ccnc3C2)ccc1N. The first-order valence-electron chi connectivity index (χ1n) is 6.28. The molecule has 0 fully saturated rings. The molecule has 2 aromatic rings. The number of anilines is 2. The Kier molecular flexibility index (Phi) is 2.84. The molecule has 1 aromatic heterocycles. The third kappa shape index (κ3) is 2.13. The normalized spacial score (nSPS) is 13.9. The second-order valence-electron chi connectivity index (χ2n) is 4.68. The average Bonchev–Trinajstić information content (AvgIpc) is 2.89. The minimum Gasteiger partial charge on any atom is -0.398 e. The summed E-state index contributed by atoms with van der Waals surface area (Å²) in [5.41, 5.74) is 8.57. The van der Waals surface area contributed by atoms with Gasteiger partial charge in [0, 0.05) is 36.9 Å². The van der Waals surface area contributed by atoms with Gasteiger partial charge in [-0.25, -0.2) is 4.98 Å². The van der Waals surface area contributed by atoms with E-state index in [1.165, 1.54) is 0 Å². The highest BCUT2D eigenvalue weighted by Gasteiger charge is 2.17. The molecule has 3 rings (SSSR count). The van der Waals surface area contributed by atoms with Crippen LogP contribution in [0.2, 0.25) is 0 Å². The Morgan fingerprint density at radius 3 is 3.11 bits per heavy atom. The fourth-order valence-corrected chi connectivity index (χ4v) is 2.42. The molecule has 0 radical (unpaired) electrons. The lowest BCUT2D eigenvalue weighted by Gasteiger charge is -2.30. The lowest BCUT2D eigenvalue weighted by atomic mass is 10.1. The molecule has 0 saturated heterocycles. The predicted octanol–water partition coefficient (Wildman–Crippen LogP) is 1.55. The summed E-state index contributed by atoms with van der Waals surface area (Å²) in [4.78, 5) is 6.62. The zero-order chi connectivity index (χ0) is 13.2. The largest absolute Gasteiger partial charge is 0.398 e. The summed E-state index contributed by atoms with van der Waals surface area (Å²) in [6.45, 7) is 2.68. The summed E-state index contributed by atoms with van der Waals surface area (Å²) in [5.74, 6) is 1.07. The Morgan fingerprint density at radius 1 is 1.37 bits per heavy atom. The van der Waals surface area contributed by atoms with E-state index >= 15 is 0 Å². The van der Waals surface area contributed by atoms with E-state index in [2.05, 4.69) is 20.5 Å². The lowest BCUT2D eigenvalue weighted by Crippen LogP contribution is -2.33. The van der Waals surface area contributed by atoms with Crippen molar-refractivity contribution in [3.8, 4) is 6.07 Å². The summed E-state index contributed by atoms with van der Waals surface area (Å²) in [6, 6.07) is 8.05. The van der Waals surface area contributed by atoms with Crippen LogP contribution < -0.4 is 10.6 Å². The fraction of sp³-hybridized carbons (Fsp3) is 0.286. The molecular weight excluding hydrogens is 238 g/mol. The molecule has 0 unspecified atom stereocenters. The maximum atomic E-state index is 8.82. The molecule has 0 spiro atoms. The Hall–Kier alpha value is -2.48. The number of benzene rings is 1. The van der Waals surface area contributed by atoms with Crippen LogP contribution in [0, 0.1) is 11.3 Å². The first-order chi connectivity index (χ1) is 9.28. The number of fused-ring (bicyclic) bond motifs is 1. The van der Waals surface area contributed by atoms with E-state index < -0.39 is 0 Å². The summed E-state index contributed by atoms with van der Waals surface area (Å²) in [6.07, 6.45) is 4.20.